The molecule has 2 bridgehead atoms. The van der Waals surface area contributed by atoms with E-state index in [9.17, 15) is 13.6 Å². The minimum absolute atomic E-state index is 0.138. The summed E-state index contributed by atoms with van der Waals surface area (Å²) in [7, 11) is 0. The average Bonchev–Trinajstić information content (AvgIpc) is 2.94. The Balaban J connectivity index is 1.73. The molecule has 1 aromatic carbocycles. The van der Waals surface area contributed by atoms with Gasteiger partial charge in [-0.2, -0.15) is 0 Å². The minimum Gasteiger partial charge on any atom is -0.349 e. The second-order valence-electron chi connectivity index (χ2n) is 5.36. The zero-order valence-corrected chi connectivity index (χ0v) is 9.96. The normalized spacial score (nSPS) is 29.6. The molecule has 0 radical (unpaired) electrons. The van der Waals surface area contributed by atoms with Crippen molar-refractivity contribution in [1.29, 1.82) is 0 Å². The van der Waals surface area contributed by atoms with E-state index in [1.54, 1.807) is 0 Å². The molecule has 1 aromatic rings. The van der Waals surface area contributed by atoms with Crippen molar-refractivity contribution in [3.8, 4) is 0 Å². The zero-order chi connectivity index (χ0) is 12.7. The monoisotopic (exact) mass is 251 g/mol. The van der Waals surface area contributed by atoms with Gasteiger partial charge in [0.25, 0.3) is 5.91 Å². The van der Waals surface area contributed by atoms with Crippen LogP contribution in [0.5, 0.6) is 0 Å². The Morgan fingerprint density at radius 1 is 1.22 bits per heavy atom. The molecule has 2 aliphatic rings. The summed E-state index contributed by atoms with van der Waals surface area (Å²) in [5, 5.41) is 2.85. The van der Waals surface area contributed by atoms with Gasteiger partial charge in [-0.25, -0.2) is 8.78 Å². The van der Waals surface area contributed by atoms with Gasteiger partial charge >= 0.3 is 0 Å². The number of halogens is 2. The van der Waals surface area contributed by atoms with Crippen LogP contribution < -0.4 is 5.32 Å². The van der Waals surface area contributed by atoms with Crippen LogP contribution in [-0.2, 0) is 0 Å². The SMILES string of the molecule is O=C(NC1CC2CCC1C2)c1cccc(F)c1F. The molecule has 0 spiro atoms. The van der Waals surface area contributed by atoms with E-state index >= 15 is 0 Å². The molecule has 2 fully saturated rings. The van der Waals surface area contributed by atoms with E-state index < -0.39 is 17.5 Å². The first-order valence-electron chi connectivity index (χ1n) is 6.40. The van der Waals surface area contributed by atoms with Gasteiger partial charge in [0.2, 0.25) is 0 Å². The van der Waals surface area contributed by atoms with E-state index in [1.165, 1.54) is 18.6 Å². The third kappa shape index (κ3) is 1.89. The molecule has 2 aliphatic carbocycles. The van der Waals surface area contributed by atoms with E-state index in [1.807, 2.05) is 0 Å². The number of benzene rings is 1. The van der Waals surface area contributed by atoms with Crippen molar-refractivity contribution in [3.63, 3.8) is 0 Å². The number of nitrogens with one attached hydrogen (secondary N) is 1. The lowest BCUT2D eigenvalue weighted by Crippen LogP contribution is -2.38. The summed E-state index contributed by atoms with van der Waals surface area (Å²) >= 11 is 0. The molecule has 96 valence electrons. The van der Waals surface area contributed by atoms with Crippen LogP contribution in [0.25, 0.3) is 0 Å². The molecule has 1 N–H and O–H groups in total. The molecule has 2 nitrogen and oxygen atoms in total. The van der Waals surface area contributed by atoms with Crippen molar-refractivity contribution in [2.45, 2.75) is 31.7 Å². The fourth-order valence-electron chi connectivity index (χ4n) is 3.35. The van der Waals surface area contributed by atoms with Crippen molar-refractivity contribution < 1.29 is 13.6 Å². The van der Waals surface area contributed by atoms with Gasteiger partial charge in [0.15, 0.2) is 11.6 Å². The Kier molecular flexibility index (Phi) is 2.80. The Hall–Kier alpha value is -1.45. The number of carbonyl (C=O) groups excluding carboxylic acids is 1. The van der Waals surface area contributed by atoms with Gasteiger partial charge in [0.05, 0.1) is 5.56 Å². The maximum atomic E-state index is 13.5. The molecule has 2 saturated carbocycles. The van der Waals surface area contributed by atoms with Crippen LogP contribution in [0.15, 0.2) is 18.2 Å². The number of hydrogen-bond acceptors (Lipinski definition) is 1. The van der Waals surface area contributed by atoms with E-state index in [-0.39, 0.29) is 11.6 Å². The quantitative estimate of drug-likeness (QED) is 0.860. The Labute approximate surface area is 104 Å². The van der Waals surface area contributed by atoms with E-state index in [4.69, 9.17) is 0 Å². The fourth-order valence-corrected chi connectivity index (χ4v) is 3.35. The second-order valence-corrected chi connectivity index (χ2v) is 5.36. The highest BCUT2D eigenvalue weighted by Gasteiger charge is 2.40. The highest BCUT2D eigenvalue weighted by atomic mass is 19.2. The molecule has 18 heavy (non-hydrogen) atoms. The molecule has 0 aromatic heterocycles. The van der Waals surface area contributed by atoms with Crippen molar-refractivity contribution in [1.82, 2.24) is 5.32 Å². The molecule has 3 unspecified atom stereocenters. The summed E-state index contributed by atoms with van der Waals surface area (Å²) in [5.41, 5.74) is -0.197. The lowest BCUT2D eigenvalue weighted by molar-refractivity contribution is 0.0917. The lowest BCUT2D eigenvalue weighted by Gasteiger charge is -2.22. The van der Waals surface area contributed by atoms with Gasteiger partial charge in [-0.3, -0.25) is 4.79 Å². The van der Waals surface area contributed by atoms with E-state index in [0.717, 1.165) is 25.3 Å². The molecule has 0 heterocycles. The molecule has 0 aliphatic heterocycles. The summed E-state index contributed by atoms with van der Waals surface area (Å²) in [6.07, 6.45) is 4.52. The molecular weight excluding hydrogens is 236 g/mol. The predicted molar refractivity (Wildman–Crippen MR) is 63.1 cm³/mol. The van der Waals surface area contributed by atoms with Gasteiger partial charge in [-0.15, -0.1) is 0 Å². The number of rotatable bonds is 2. The fraction of sp³-hybridized carbons (Fsp3) is 0.500. The predicted octanol–water partition coefficient (Wildman–Crippen LogP) is 2.88. The standard InChI is InChI=1S/C14H15F2NO/c15-11-3-1-2-10(13(11)16)14(18)17-12-7-8-4-5-9(12)6-8/h1-3,8-9,12H,4-7H2,(H,17,18). The number of hydrogen-bond donors (Lipinski definition) is 1. The lowest BCUT2D eigenvalue weighted by atomic mass is 9.95. The van der Waals surface area contributed by atoms with Gasteiger partial charge in [0.1, 0.15) is 0 Å². The number of fused-ring (bicyclic) bond motifs is 2. The van der Waals surface area contributed by atoms with Crippen molar-refractivity contribution in [2.24, 2.45) is 11.8 Å². The topological polar surface area (TPSA) is 29.1 Å². The highest BCUT2D eigenvalue weighted by Crippen LogP contribution is 2.44. The molecule has 0 saturated heterocycles. The van der Waals surface area contributed by atoms with Gasteiger partial charge in [0, 0.05) is 6.04 Å². The van der Waals surface area contributed by atoms with Crippen LogP contribution in [-0.4, -0.2) is 11.9 Å². The molecule has 3 atom stereocenters. The molecular formula is C14H15F2NO. The largest absolute Gasteiger partial charge is 0.349 e. The van der Waals surface area contributed by atoms with Crippen LogP contribution in [0.4, 0.5) is 8.78 Å². The van der Waals surface area contributed by atoms with Gasteiger partial charge < -0.3 is 5.32 Å². The maximum absolute atomic E-state index is 13.5. The summed E-state index contributed by atoms with van der Waals surface area (Å²) in [6.45, 7) is 0. The first kappa shape index (κ1) is 11.6. The molecule has 3 rings (SSSR count). The van der Waals surface area contributed by atoms with Crippen molar-refractivity contribution in [3.05, 3.63) is 35.4 Å². The van der Waals surface area contributed by atoms with Crippen LogP contribution in [0.3, 0.4) is 0 Å². The van der Waals surface area contributed by atoms with Crippen LogP contribution in [0.1, 0.15) is 36.0 Å². The van der Waals surface area contributed by atoms with E-state index in [0.29, 0.717) is 11.8 Å². The number of carbonyl (C=O) groups is 1. The van der Waals surface area contributed by atoms with Gasteiger partial charge in [-0.05, 0) is 43.2 Å². The van der Waals surface area contributed by atoms with E-state index in [2.05, 4.69) is 5.32 Å². The Morgan fingerprint density at radius 3 is 2.72 bits per heavy atom. The highest BCUT2D eigenvalue weighted by molar-refractivity contribution is 5.94. The summed E-state index contributed by atoms with van der Waals surface area (Å²) in [4.78, 5) is 11.9. The third-order valence-corrected chi connectivity index (χ3v) is 4.25. The van der Waals surface area contributed by atoms with Crippen LogP contribution in [0.2, 0.25) is 0 Å². The minimum atomic E-state index is -1.06. The second kappa shape index (κ2) is 4.34. The third-order valence-electron chi connectivity index (χ3n) is 4.25. The Bertz CT molecular complexity index is 489. The Morgan fingerprint density at radius 2 is 2.06 bits per heavy atom. The summed E-state index contributed by atoms with van der Waals surface area (Å²) in [6, 6.07) is 3.83. The van der Waals surface area contributed by atoms with Gasteiger partial charge in [-0.1, -0.05) is 12.5 Å². The summed E-state index contributed by atoms with van der Waals surface area (Å²) < 4.78 is 26.5. The summed E-state index contributed by atoms with van der Waals surface area (Å²) in [5.74, 6) is -1.30. The maximum Gasteiger partial charge on any atom is 0.254 e. The van der Waals surface area contributed by atoms with Crippen molar-refractivity contribution >= 4 is 5.91 Å². The van der Waals surface area contributed by atoms with Crippen LogP contribution >= 0.6 is 0 Å². The smallest absolute Gasteiger partial charge is 0.254 e. The molecule has 1 amide bonds. The average molecular weight is 251 g/mol. The number of amides is 1. The van der Waals surface area contributed by atoms with Crippen LogP contribution in [0, 0.1) is 23.5 Å². The molecule has 4 heteroatoms. The first-order valence-corrected chi connectivity index (χ1v) is 6.40. The zero-order valence-electron chi connectivity index (χ0n) is 9.96. The van der Waals surface area contributed by atoms with Crippen molar-refractivity contribution in [2.75, 3.05) is 0 Å². The first-order chi connectivity index (χ1) is 8.65.